The van der Waals surface area contributed by atoms with Crippen LogP contribution < -0.4 is 0 Å². The van der Waals surface area contributed by atoms with E-state index in [-0.39, 0.29) is 10.8 Å². The monoisotopic (exact) mass is 234 g/mol. The van der Waals surface area contributed by atoms with Crippen molar-refractivity contribution in [3.63, 3.8) is 0 Å². The van der Waals surface area contributed by atoms with Crippen molar-refractivity contribution in [3.05, 3.63) is 46.0 Å². The maximum atomic E-state index is 10.8. The van der Waals surface area contributed by atoms with Crippen molar-refractivity contribution in [1.29, 1.82) is 5.26 Å². The van der Waals surface area contributed by atoms with Crippen LogP contribution in [0.25, 0.3) is 0 Å². The third-order valence-electron chi connectivity index (χ3n) is 2.77. The minimum Gasteiger partial charge on any atom is -0.263 e. The first-order valence-electron chi connectivity index (χ1n) is 4.93. The number of thioether (sulfide) groups is 1. The third kappa shape index (κ3) is 1.89. The van der Waals surface area contributed by atoms with E-state index < -0.39 is 11.3 Å². The molecule has 1 aliphatic heterocycles. The molecule has 82 valence electrons. The molecule has 1 aromatic carbocycles. The first kappa shape index (κ1) is 11.0. The lowest BCUT2D eigenvalue weighted by Crippen LogP contribution is -2.23. The fraction of sp³-hybridized carbons (Fsp3) is 0.364. The number of hydrogen-bond acceptors (Lipinski definition) is 4. The van der Waals surface area contributed by atoms with Gasteiger partial charge in [0, 0.05) is 16.6 Å². The van der Waals surface area contributed by atoms with Crippen LogP contribution in [0.5, 0.6) is 0 Å². The lowest BCUT2D eigenvalue weighted by atomic mass is 9.89. The lowest BCUT2D eigenvalue weighted by Gasteiger charge is -2.12. The summed E-state index contributed by atoms with van der Waals surface area (Å²) in [7, 11) is 0. The standard InChI is InChI=1S/C11H10N2O2S/c12-6-9-10(7-16-11(9)13(14)15)8-4-2-1-3-5-8/h1-5,9-11H,7H2. The van der Waals surface area contributed by atoms with Crippen molar-refractivity contribution < 1.29 is 4.92 Å². The molecule has 1 aromatic rings. The van der Waals surface area contributed by atoms with E-state index in [9.17, 15) is 10.1 Å². The number of hydrogen-bond donors (Lipinski definition) is 0. The molecule has 0 aliphatic carbocycles. The molecule has 3 unspecified atom stereocenters. The van der Waals surface area contributed by atoms with E-state index in [4.69, 9.17) is 5.26 Å². The summed E-state index contributed by atoms with van der Waals surface area (Å²) < 4.78 is 0. The van der Waals surface area contributed by atoms with Crippen molar-refractivity contribution in [2.24, 2.45) is 5.92 Å². The van der Waals surface area contributed by atoms with Crippen molar-refractivity contribution in [3.8, 4) is 6.07 Å². The predicted molar refractivity (Wildman–Crippen MR) is 61.5 cm³/mol. The molecule has 5 heteroatoms. The van der Waals surface area contributed by atoms with Gasteiger partial charge in [-0.15, -0.1) is 0 Å². The highest BCUT2D eigenvalue weighted by atomic mass is 32.2. The summed E-state index contributed by atoms with van der Waals surface area (Å²) >= 11 is 1.26. The Labute approximate surface area is 97.4 Å². The van der Waals surface area contributed by atoms with Gasteiger partial charge in [0.25, 0.3) is 5.37 Å². The summed E-state index contributed by atoms with van der Waals surface area (Å²) in [6.45, 7) is 0. The average Bonchev–Trinajstić information content (AvgIpc) is 2.73. The molecule has 1 heterocycles. The summed E-state index contributed by atoms with van der Waals surface area (Å²) in [5.41, 5.74) is 1.02. The Kier molecular flexibility index (Phi) is 3.11. The second-order valence-corrected chi connectivity index (χ2v) is 4.83. The van der Waals surface area contributed by atoms with E-state index in [0.29, 0.717) is 5.75 Å². The van der Waals surface area contributed by atoms with Gasteiger partial charge in [0.15, 0.2) is 0 Å². The van der Waals surface area contributed by atoms with Crippen LogP contribution >= 0.6 is 11.8 Å². The fourth-order valence-electron chi connectivity index (χ4n) is 1.96. The SMILES string of the molecule is N#CC1C(c2ccccc2)CSC1[N+](=O)[O-]. The van der Waals surface area contributed by atoms with Gasteiger partial charge in [-0.05, 0) is 5.56 Å². The summed E-state index contributed by atoms with van der Waals surface area (Å²) in [5.74, 6) is 0.0995. The van der Waals surface area contributed by atoms with E-state index >= 15 is 0 Å². The summed E-state index contributed by atoms with van der Waals surface area (Å²) in [5, 5.41) is 19.0. The second-order valence-electron chi connectivity index (χ2n) is 3.68. The highest BCUT2D eigenvalue weighted by Crippen LogP contribution is 2.42. The topological polar surface area (TPSA) is 66.9 Å². The number of rotatable bonds is 2. The van der Waals surface area contributed by atoms with Crippen LogP contribution in [-0.2, 0) is 0 Å². The Morgan fingerprint density at radius 2 is 2.12 bits per heavy atom. The van der Waals surface area contributed by atoms with E-state index in [1.807, 2.05) is 30.3 Å². The van der Waals surface area contributed by atoms with E-state index in [2.05, 4.69) is 6.07 Å². The van der Waals surface area contributed by atoms with Crippen molar-refractivity contribution in [2.75, 3.05) is 5.75 Å². The van der Waals surface area contributed by atoms with Crippen LogP contribution in [-0.4, -0.2) is 16.1 Å². The van der Waals surface area contributed by atoms with Crippen LogP contribution in [0.2, 0.25) is 0 Å². The smallest absolute Gasteiger partial charge is 0.263 e. The number of nitriles is 1. The molecule has 4 nitrogen and oxygen atoms in total. The van der Waals surface area contributed by atoms with Gasteiger partial charge < -0.3 is 0 Å². The van der Waals surface area contributed by atoms with Crippen molar-refractivity contribution in [2.45, 2.75) is 11.3 Å². The van der Waals surface area contributed by atoms with Gasteiger partial charge in [-0.1, -0.05) is 42.1 Å². The van der Waals surface area contributed by atoms with Gasteiger partial charge in [0.2, 0.25) is 0 Å². The van der Waals surface area contributed by atoms with Crippen LogP contribution in [0.4, 0.5) is 0 Å². The maximum absolute atomic E-state index is 10.8. The second kappa shape index (κ2) is 4.54. The highest BCUT2D eigenvalue weighted by Gasteiger charge is 2.45. The zero-order valence-corrected chi connectivity index (χ0v) is 9.26. The molecule has 0 aromatic heterocycles. The highest BCUT2D eigenvalue weighted by molar-refractivity contribution is 8.00. The van der Waals surface area contributed by atoms with Crippen molar-refractivity contribution >= 4 is 11.8 Å². The molecule has 2 rings (SSSR count). The Hall–Kier alpha value is -1.54. The maximum Gasteiger partial charge on any atom is 0.274 e. The quantitative estimate of drug-likeness (QED) is 0.581. The molecule has 1 fully saturated rings. The van der Waals surface area contributed by atoms with Gasteiger partial charge in [-0.25, -0.2) is 0 Å². The summed E-state index contributed by atoms with van der Waals surface area (Å²) in [6, 6.07) is 11.6. The molecule has 0 amide bonds. The molecular formula is C11H10N2O2S. The molecule has 0 spiro atoms. The molecule has 0 N–H and O–H groups in total. The first-order valence-corrected chi connectivity index (χ1v) is 5.98. The first-order chi connectivity index (χ1) is 7.74. The van der Waals surface area contributed by atoms with Crippen LogP contribution in [0.3, 0.4) is 0 Å². The average molecular weight is 234 g/mol. The van der Waals surface area contributed by atoms with Gasteiger partial charge in [-0.3, -0.25) is 10.1 Å². The number of nitrogens with zero attached hydrogens (tertiary/aromatic N) is 2. The molecule has 3 atom stereocenters. The van der Waals surface area contributed by atoms with Gasteiger partial charge >= 0.3 is 0 Å². The molecular weight excluding hydrogens is 224 g/mol. The lowest BCUT2D eigenvalue weighted by molar-refractivity contribution is -0.500. The van der Waals surface area contributed by atoms with Gasteiger partial charge in [0.05, 0.1) is 6.07 Å². The minimum absolute atomic E-state index is 0.0217. The van der Waals surface area contributed by atoms with Crippen molar-refractivity contribution in [1.82, 2.24) is 0 Å². The Morgan fingerprint density at radius 3 is 2.69 bits per heavy atom. The van der Waals surface area contributed by atoms with Crippen LogP contribution in [0, 0.1) is 27.4 Å². The normalized spacial score (nSPS) is 28.6. The summed E-state index contributed by atoms with van der Waals surface area (Å²) in [4.78, 5) is 10.4. The Morgan fingerprint density at radius 1 is 1.44 bits per heavy atom. The third-order valence-corrected chi connectivity index (χ3v) is 4.13. The number of nitro groups is 1. The zero-order chi connectivity index (χ0) is 11.5. The molecule has 16 heavy (non-hydrogen) atoms. The minimum atomic E-state index is -0.782. The summed E-state index contributed by atoms with van der Waals surface area (Å²) in [6.07, 6.45) is 0. The molecule has 0 saturated carbocycles. The predicted octanol–water partition coefficient (Wildman–Crippen LogP) is 2.26. The fourth-order valence-corrected chi connectivity index (χ4v) is 3.34. The molecule has 0 radical (unpaired) electrons. The van der Waals surface area contributed by atoms with E-state index in [1.165, 1.54) is 11.8 Å². The Bertz CT molecular complexity index is 429. The van der Waals surface area contributed by atoms with Gasteiger partial charge in [-0.2, -0.15) is 5.26 Å². The van der Waals surface area contributed by atoms with Gasteiger partial charge in [0.1, 0.15) is 5.92 Å². The van der Waals surface area contributed by atoms with Crippen LogP contribution in [0.15, 0.2) is 30.3 Å². The van der Waals surface area contributed by atoms with E-state index in [1.54, 1.807) is 0 Å². The number of benzene rings is 1. The largest absolute Gasteiger partial charge is 0.274 e. The van der Waals surface area contributed by atoms with E-state index in [0.717, 1.165) is 5.56 Å². The molecule has 1 saturated heterocycles. The zero-order valence-electron chi connectivity index (χ0n) is 8.45. The van der Waals surface area contributed by atoms with Crippen LogP contribution in [0.1, 0.15) is 11.5 Å². The Balaban J connectivity index is 2.26. The molecule has 0 bridgehead atoms. The molecule has 1 aliphatic rings.